The van der Waals surface area contributed by atoms with Crippen molar-refractivity contribution < 1.29 is 19.4 Å². The number of Topliss-reactive ketones (excluding diaryl/α,β-unsaturated/α-hetero) is 1. The van der Waals surface area contributed by atoms with Crippen molar-refractivity contribution in [1.82, 2.24) is 0 Å². The Bertz CT molecular complexity index is 703. The molecule has 4 nitrogen and oxygen atoms in total. The van der Waals surface area contributed by atoms with Crippen molar-refractivity contribution in [2.24, 2.45) is 0 Å². The van der Waals surface area contributed by atoms with E-state index in [-0.39, 0.29) is 5.78 Å². The predicted octanol–water partition coefficient (Wildman–Crippen LogP) is 3.29. The van der Waals surface area contributed by atoms with Crippen LogP contribution >= 0.6 is 11.6 Å². The minimum Gasteiger partial charge on any atom is -0.480 e. The van der Waals surface area contributed by atoms with E-state index in [1.54, 1.807) is 62.4 Å². The van der Waals surface area contributed by atoms with E-state index in [1.807, 2.05) is 0 Å². The summed E-state index contributed by atoms with van der Waals surface area (Å²) in [5, 5.41) is 9.50. The molecule has 2 aromatic carbocycles. The van der Waals surface area contributed by atoms with E-state index in [1.165, 1.54) is 0 Å². The highest BCUT2D eigenvalue weighted by molar-refractivity contribution is 6.30. The lowest BCUT2D eigenvalue weighted by Gasteiger charge is -2.24. The summed E-state index contributed by atoms with van der Waals surface area (Å²) in [6.45, 7) is 2.58. The quantitative estimate of drug-likeness (QED) is 0.824. The van der Waals surface area contributed by atoms with Crippen LogP contribution in [-0.4, -0.2) is 28.9 Å². The molecule has 0 aliphatic carbocycles. The highest BCUT2D eigenvalue weighted by atomic mass is 35.5. The fraction of sp³-hybridized carbons (Fsp3) is 0.222. The monoisotopic (exact) mass is 332 g/mol. The van der Waals surface area contributed by atoms with Gasteiger partial charge < -0.3 is 9.84 Å². The molecule has 0 aromatic heterocycles. The van der Waals surface area contributed by atoms with Gasteiger partial charge in [-0.1, -0.05) is 11.6 Å². The number of rotatable bonds is 6. The molecule has 0 aliphatic heterocycles. The van der Waals surface area contributed by atoms with Gasteiger partial charge in [0, 0.05) is 16.1 Å². The first-order valence-corrected chi connectivity index (χ1v) is 7.45. The molecule has 0 saturated carbocycles. The lowest BCUT2D eigenvalue weighted by atomic mass is 10.0. The van der Waals surface area contributed by atoms with Crippen LogP contribution in [-0.2, 0) is 4.79 Å². The average molecular weight is 333 g/mol. The summed E-state index contributed by atoms with van der Waals surface area (Å²) in [6, 6.07) is 13.2. The molecular formula is C18H17ClO4. The van der Waals surface area contributed by atoms with Gasteiger partial charge in [-0.15, -0.1) is 0 Å². The Kier molecular flexibility index (Phi) is 5.19. The molecule has 0 aliphatic rings. The van der Waals surface area contributed by atoms with Crippen LogP contribution in [0.3, 0.4) is 0 Å². The second kappa shape index (κ2) is 6.94. The molecule has 5 heteroatoms. The van der Waals surface area contributed by atoms with Crippen LogP contribution in [0.4, 0.5) is 0 Å². The zero-order valence-corrected chi connectivity index (χ0v) is 13.6. The summed E-state index contributed by atoms with van der Waals surface area (Å²) in [4.78, 5) is 23.9. The van der Waals surface area contributed by atoms with E-state index >= 15 is 0 Å². The van der Waals surface area contributed by atoms with E-state index in [0.29, 0.717) is 21.9 Å². The van der Waals surface area contributed by atoms with Gasteiger partial charge in [-0.2, -0.15) is 0 Å². The first kappa shape index (κ1) is 17.2. The largest absolute Gasteiger partial charge is 0.480 e. The van der Waals surface area contributed by atoms with Crippen LogP contribution in [0.5, 0.6) is 5.75 Å². The van der Waals surface area contributed by atoms with Gasteiger partial charge in [0.15, 0.2) is 11.4 Å². The Hall–Kier alpha value is -2.17. The minimum atomic E-state index is -1.13. The first-order valence-electron chi connectivity index (χ1n) is 7.07. The van der Waals surface area contributed by atoms with Crippen LogP contribution in [0.2, 0.25) is 5.02 Å². The van der Waals surface area contributed by atoms with E-state index in [2.05, 4.69) is 0 Å². The number of ketones is 2. The molecule has 0 spiro atoms. The molecule has 0 amide bonds. The van der Waals surface area contributed by atoms with Crippen molar-refractivity contribution in [1.29, 1.82) is 0 Å². The molecule has 2 rings (SSSR count). The zero-order valence-electron chi connectivity index (χ0n) is 12.9. The van der Waals surface area contributed by atoms with Crippen LogP contribution < -0.4 is 4.74 Å². The van der Waals surface area contributed by atoms with Gasteiger partial charge in [-0.25, -0.2) is 0 Å². The van der Waals surface area contributed by atoms with E-state index < -0.39 is 18.0 Å². The second-order valence-corrected chi connectivity index (χ2v) is 5.99. The molecule has 0 atom stereocenters. The summed E-state index contributed by atoms with van der Waals surface area (Å²) in [6.07, 6.45) is 0. The predicted molar refractivity (Wildman–Crippen MR) is 88.1 cm³/mol. The number of aliphatic hydroxyl groups excluding tert-OH is 1. The highest BCUT2D eigenvalue weighted by Crippen LogP contribution is 2.21. The molecule has 120 valence electrons. The number of hydrogen-bond donors (Lipinski definition) is 1. The molecule has 0 heterocycles. The molecule has 0 radical (unpaired) electrons. The second-order valence-electron chi connectivity index (χ2n) is 5.55. The molecule has 2 aromatic rings. The molecule has 0 fully saturated rings. The summed E-state index contributed by atoms with van der Waals surface area (Å²) in [5.74, 6) is -0.0952. The normalized spacial score (nSPS) is 11.1. The number of halogens is 1. The molecule has 1 N–H and O–H groups in total. The SMILES string of the molecule is CC(C)(Oc1ccc(C(=O)c2ccc(Cl)cc2)cc1)C(=O)CO. The topological polar surface area (TPSA) is 63.6 Å². The molecular weight excluding hydrogens is 316 g/mol. The van der Waals surface area contributed by atoms with Crippen LogP contribution in [0.1, 0.15) is 29.8 Å². The fourth-order valence-electron chi connectivity index (χ4n) is 1.98. The summed E-state index contributed by atoms with van der Waals surface area (Å²) in [7, 11) is 0. The van der Waals surface area contributed by atoms with Crippen LogP contribution in [0.25, 0.3) is 0 Å². The Morgan fingerprint density at radius 1 is 1.00 bits per heavy atom. The van der Waals surface area contributed by atoms with Gasteiger partial charge in [0.2, 0.25) is 5.78 Å². The summed E-state index contributed by atoms with van der Waals surface area (Å²) >= 11 is 5.81. The standard InChI is InChI=1S/C18H17ClO4/c1-18(2,16(21)11-20)23-15-9-5-13(6-10-15)17(22)12-3-7-14(19)8-4-12/h3-10,20H,11H2,1-2H3. The fourth-order valence-corrected chi connectivity index (χ4v) is 2.11. The Morgan fingerprint density at radius 3 is 1.96 bits per heavy atom. The van der Waals surface area contributed by atoms with Crippen LogP contribution in [0, 0.1) is 0 Å². The van der Waals surface area contributed by atoms with Crippen molar-refractivity contribution in [3.63, 3.8) is 0 Å². The maximum atomic E-state index is 12.3. The molecule has 0 saturated heterocycles. The maximum absolute atomic E-state index is 12.3. The first-order chi connectivity index (χ1) is 10.8. The van der Waals surface area contributed by atoms with Gasteiger partial charge >= 0.3 is 0 Å². The van der Waals surface area contributed by atoms with E-state index in [9.17, 15) is 9.59 Å². The van der Waals surface area contributed by atoms with Crippen molar-refractivity contribution in [3.8, 4) is 5.75 Å². The average Bonchev–Trinajstić information content (AvgIpc) is 2.54. The number of carbonyl (C=O) groups is 2. The third-order valence-corrected chi connectivity index (χ3v) is 3.66. The molecule has 0 bridgehead atoms. The minimum absolute atomic E-state index is 0.126. The van der Waals surface area contributed by atoms with Crippen molar-refractivity contribution in [2.45, 2.75) is 19.4 Å². The third-order valence-electron chi connectivity index (χ3n) is 3.41. The number of hydrogen-bond acceptors (Lipinski definition) is 4. The lowest BCUT2D eigenvalue weighted by Crippen LogP contribution is -2.40. The Morgan fingerprint density at radius 2 is 1.48 bits per heavy atom. The Balaban J connectivity index is 2.15. The van der Waals surface area contributed by atoms with E-state index in [0.717, 1.165) is 0 Å². The van der Waals surface area contributed by atoms with Gasteiger partial charge in [-0.3, -0.25) is 9.59 Å². The Labute approximate surface area is 139 Å². The van der Waals surface area contributed by atoms with Crippen molar-refractivity contribution in [3.05, 3.63) is 64.7 Å². The van der Waals surface area contributed by atoms with Crippen molar-refractivity contribution in [2.75, 3.05) is 6.61 Å². The van der Waals surface area contributed by atoms with Crippen LogP contribution in [0.15, 0.2) is 48.5 Å². The number of benzene rings is 2. The van der Waals surface area contributed by atoms with Gasteiger partial charge in [0.05, 0.1) is 0 Å². The summed E-state index contributed by atoms with van der Waals surface area (Å²) in [5.41, 5.74) is -0.0824. The number of carbonyl (C=O) groups excluding carboxylic acids is 2. The van der Waals surface area contributed by atoms with E-state index in [4.69, 9.17) is 21.4 Å². The highest BCUT2D eigenvalue weighted by Gasteiger charge is 2.28. The maximum Gasteiger partial charge on any atom is 0.200 e. The molecule has 0 unspecified atom stereocenters. The zero-order chi connectivity index (χ0) is 17.0. The molecule has 23 heavy (non-hydrogen) atoms. The van der Waals surface area contributed by atoms with Gasteiger partial charge in [-0.05, 0) is 62.4 Å². The lowest BCUT2D eigenvalue weighted by molar-refractivity contribution is -0.134. The van der Waals surface area contributed by atoms with Gasteiger partial charge in [0.1, 0.15) is 12.4 Å². The van der Waals surface area contributed by atoms with Crippen molar-refractivity contribution >= 4 is 23.2 Å². The number of ether oxygens (including phenoxy) is 1. The number of aliphatic hydroxyl groups is 1. The third kappa shape index (κ3) is 4.18. The smallest absolute Gasteiger partial charge is 0.200 e. The van der Waals surface area contributed by atoms with Gasteiger partial charge in [0.25, 0.3) is 0 Å². The summed E-state index contributed by atoms with van der Waals surface area (Å²) < 4.78 is 5.57.